The molecule has 2 aliphatic rings. The summed E-state index contributed by atoms with van der Waals surface area (Å²) in [7, 11) is 0. The highest BCUT2D eigenvalue weighted by atomic mass is 16.5. The van der Waals surface area contributed by atoms with Crippen molar-refractivity contribution in [3.8, 4) is 0 Å². The van der Waals surface area contributed by atoms with Crippen LogP contribution in [-0.4, -0.2) is 29.6 Å². The molecule has 0 aliphatic carbocycles. The number of aromatic nitrogens is 1. The van der Waals surface area contributed by atoms with Crippen LogP contribution < -0.4 is 5.73 Å². The predicted octanol–water partition coefficient (Wildman–Crippen LogP) is 0.162. The molecule has 2 unspecified atom stereocenters. The summed E-state index contributed by atoms with van der Waals surface area (Å²) in [6, 6.07) is 3.82. The summed E-state index contributed by atoms with van der Waals surface area (Å²) in [6.07, 6.45) is 1.81. The van der Waals surface area contributed by atoms with Crippen molar-refractivity contribution in [1.29, 1.82) is 0 Å². The van der Waals surface area contributed by atoms with Gasteiger partial charge in [-0.05, 0) is 12.1 Å². The van der Waals surface area contributed by atoms with Crippen LogP contribution in [0.15, 0.2) is 18.3 Å². The van der Waals surface area contributed by atoms with E-state index in [1.54, 1.807) is 6.20 Å². The van der Waals surface area contributed by atoms with Crippen molar-refractivity contribution in [3.05, 3.63) is 23.9 Å². The molecule has 3 heterocycles. The van der Waals surface area contributed by atoms with E-state index in [0.29, 0.717) is 5.82 Å². The Balaban J connectivity index is 1.97. The van der Waals surface area contributed by atoms with Gasteiger partial charge >= 0.3 is 0 Å². The third-order valence-corrected chi connectivity index (χ3v) is 2.75. The molecular formula is C9H11N3O. The number of nitrogens with zero attached hydrogens (tertiary/aromatic N) is 2. The highest BCUT2D eigenvalue weighted by molar-refractivity contribution is 5.34. The maximum absolute atomic E-state index is 5.69. The Labute approximate surface area is 76.3 Å². The number of nitrogens with two attached hydrogens (primary N) is 1. The van der Waals surface area contributed by atoms with Crippen LogP contribution in [0, 0.1) is 0 Å². The number of nitrogen functional groups attached to an aromatic ring is 1. The molecule has 1 aromatic heterocycles. The maximum atomic E-state index is 5.69. The molecule has 0 amide bonds. The molecule has 13 heavy (non-hydrogen) atoms. The van der Waals surface area contributed by atoms with Crippen molar-refractivity contribution in [2.24, 2.45) is 0 Å². The quantitative estimate of drug-likeness (QED) is 0.621. The number of ether oxygens (including phenoxy) is 1. The predicted molar refractivity (Wildman–Crippen MR) is 47.9 cm³/mol. The first-order chi connectivity index (χ1) is 6.31. The Kier molecular flexibility index (Phi) is 1.24. The number of fused-ring (bicyclic) bond motifs is 1. The van der Waals surface area contributed by atoms with Crippen LogP contribution in [0.5, 0.6) is 0 Å². The molecule has 0 radical (unpaired) electrons. The average molecular weight is 177 g/mol. The van der Waals surface area contributed by atoms with Crippen molar-refractivity contribution >= 4 is 5.82 Å². The Hall–Kier alpha value is -1.13. The van der Waals surface area contributed by atoms with E-state index >= 15 is 0 Å². The van der Waals surface area contributed by atoms with E-state index in [1.165, 1.54) is 0 Å². The molecule has 1 aromatic rings. The summed E-state index contributed by atoms with van der Waals surface area (Å²) in [6.45, 7) is 2.85. The first kappa shape index (κ1) is 7.29. The molecule has 2 fully saturated rings. The van der Waals surface area contributed by atoms with Crippen LogP contribution in [0.1, 0.15) is 5.56 Å². The SMILES string of the molecule is Nc1ccc(C23CN2CCO3)cn1. The molecule has 4 nitrogen and oxygen atoms in total. The Morgan fingerprint density at radius 2 is 2.46 bits per heavy atom. The largest absolute Gasteiger partial charge is 0.384 e. The van der Waals surface area contributed by atoms with E-state index in [-0.39, 0.29) is 5.72 Å². The smallest absolute Gasteiger partial charge is 0.162 e. The van der Waals surface area contributed by atoms with Crippen LogP contribution in [-0.2, 0) is 10.5 Å². The second-order valence-corrected chi connectivity index (χ2v) is 3.53. The number of rotatable bonds is 1. The van der Waals surface area contributed by atoms with Gasteiger partial charge in [0.2, 0.25) is 0 Å². The van der Waals surface area contributed by atoms with Gasteiger partial charge in [0.05, 0.1) is 6.61 Å². The van der Waals surface area contributed by atoms with Gasteiger partial charge in [-0.1, -0.05) is 0 Å². The zero-order valence-corrected chi connectivity index (χ0v) is 7.23. The second kappa shape index (κ2) is 2.21. The van der Waals surface area contributed by atoms with Crippen molar-refractivity contribution in [2.75, 3.05) is 25.4 Å². The Morgan fingerprint density at radius 3 is 3.00 bits per heavy atom. The summed E-state index contributed by atoms with van der Waals surface area (Å²) in [5, 5.41) is 0. The van der Waals surface area contributed by atoms with Crippen molar-refractivity contribution < 1.29 is 4.74 Å². The molecule has 2 aliphatic heterocycles. The summed E-state index contributed by atoms with van der Waals surface area (Å²) < 4.78 is 5.69. The number of pyridine rings is 1. The third kappa shape index (κ3) is 0.897. The van der Waals surface area contributed by atoms with Crippen molar-refractivity contribution in [2.45, 2.75) is 5.72 Å². The molecule has 2 saturated heterocycles. The zero-order chi connectivity index (χ0) is 8.89. The highest BCUT2D eigenvalue weighted by Crippen LogP contribution is 2.46. The number of morpholine rings is 1. The van der Waals surface area contributed by atoms with Gasteiger partial charge in [-0.25, -0.2) is 4.98 Å². The van der Waals surface area contributed by atoms with Crippen molar-refractivity contribution in [1.82, 2.24) is 9.88 Å². The second-order valence-electron chi connectivity index (χ2n) is 3.53. The Morgan fingerprint density at radius 1 is 1.54 bits per heavy atom. The van der Waals surface area contributed by atoms with Gasteiger partial charge in [-0.15, -0.1) is 0 Å². The van der Waals surface area contributed by atoms with E-state index in [1.807, 2.05) is 12.1 Å². The minimum atomic E-state index is -0.138. The molecule has 0 aromatic carbocycles. The fourth-order valence-electron chi connectivity index (χ4n) is 1.94. The summed E-state index contributed by atoms with van der Waals surface area (Å²) >= 11 is 0. The van der Waals surface area contributed by atoms with E-state index < -0.39 is 0 Å². The van der Waals surface area contributed by atoms with Gasteiger partial charge < -0.3 is 10.5 Å². The van der Waals surface area contributed by atoms with E-state index in [2.05, 4.69) is 9.88 Å². The molecule has 68 valence electrons. The number of hydrogen-bond acceptors (Lipinski definition) is 4. The monoisotopic (exact) mass is 177 g/mol. The van der Waals surface area contributed by atoms with Crippen molar-refractivity contribution in [3.63, 3.8) is 0 Å². The fraction of sp³-hybridized carbons (Fsp3) is 0.444. The molecule has 2 atom stereocenters. The minimum Gasteiger partial charge on any atom is -0.384 e. The minimum absolute atomic E-state index is 0.138. The van der Waals surface area contributed by atoms with E-state index in [4.69, 9.17) is 10.5 Å². The van der Waals surface area contributed by atoms with Gasteiger partial charge in [0.25, 0.3) is 0 Å². The molecule has 3 rings (SSSR count). The van der Waals surface area contributed by atoms with Crippen LogP contribution in [0.2, 0.25) is 0 Å². The fourth-order valence-corrected chi connectivity index (χ4v) is 1.94. The first-order valence-electron chi connectivity index (χ1n) is 4.42. The van der Waals surface area contributed by atoms with Crippen LogP contribution in [0.3, 0.4) is 0 Å². The first-order valence-corrected chi connectivity index (χ1v) is 4.42. The highest BCUT2D eigenvalue weighted by Gasteiger charge is 2.58. The lowest BCUT2D eigenvalue weighted by Gasteiger charge is -2.10. The van der Waals surface area contributed by atoms with Gasteiger partial charge in [-0.3, -0.25) is 4.90 Å². The van der Waals surface area contributed by atoms with Crippen LogP contribution in [0.25, 0.3) is 0 Å². The summed E-state index contributed by atoms with van der Waals surface area (Å²) in [5.41, 5.74) is 6.50. The molecule has 2 N–H and O–H groups in total. The van der Waals surface area contributed by atoms with Gasteiger partial charge in [0.15, 0.2) is 5.72 Å². The topological polar surface area (TPSA) is 51.2 Å². The third-order valence-electron chi connectivity index (χ3n) is 2.75. The average Bonchev–Trinajstić information content (AvgIpc) is 2.71. The zero-order valence-electron chi connectivity index (χ0n) is 7.23. The summed E-state index contributed by atoms with van der Waals surface area (Å²) in [5.74, 6) is 0.561. The summed E-state index contributed by atoms with van der Waals surface area (Å²) in [4.78, 5) is 6.36. The number of hydrogen-bond donors (Lipinski definition) is 1. The van der Waals surface area contributed by atoms with E-state index in [9.17, 15) is 0 Å². The molecule has 0 spiro atoms. The van der Waals surface area contributed by atoms with Gasteiger partial charge in [0, 0.05) is 24.8 Å². The Bertz CT molecular complexity index is 337. The molecule has 0 bridgehead atoms. The lowest BCUT2D eigenvalue weighted by Crippen LogP contribution is -2.12. The molecule has 0 saturated carbocycles. The lowest BCUT2D eigenvalue weighted by atomic mass is 10.2. The molecule has 4 heteroatoms. The van der Waals surface area contributed by atoms with Crippen LogP contribution in [0.4, 0.5) is 5.82 Å². The van der Waals surface area contributed by atoms with Crippen LogP contribution >= 0.6 is 0 Å². The number of anilines is 1. The normalized spacial score (nSPS) is 35.8. The standard InChI is InChI=1S/C9H11N3O/c10-8-2-1-7(5-11-8)9-6-12(9)3-4-13-9/h1-2,5H,3-4,6H2,(H2,10,11). The van der Waals surface area contributed by atoms with Gasteiger partial charge in [0.1, 0.15) is 5.82 Å². The molecular weight excluding hydrogens is 166 g/mol. The lowest BCUT2D eigenvalue weighted by molar-refractivity contribution is 0.0586. The van der Waals surface area contributed by atoms with Gasteiger partial charge in [-0.2, -0.15) is 0 Å². The maximum Gasteiger partial charge on any atom is 0.162 e. The van der Waals surface area contributed by atoms with E-state index in [0.717, 1.165) is 25.3 Å².